The van der Waals surface area contributed by atoms with Crippen LogP contribution in [0.3, 0.4) is 0 Å². The van der Waals surface area contributed by atoms with Crippen LogP contribution in [0.25, 0.3) is 0 Å². The Morgan fingerprint density at radius 2 is 2.07 bits per heavy atom. The molecule has 1 rings (SSSR count). The smallest absolute Gasteiger partial charge is 0.322 e. The Bertz CT molecular complexity index is 418. The standard InChI is InChI=1S/C7H5NO4S2/c9-5-2-3(13)1-4(7(10)14)6(5)8(11)12/h1-2,9,13H,(H,10,14). The van der Waals surface area contributed by atoms with Crippen LogP contribution in [0.2, 0.25) is 0 Å². The number of rotatable bonds is 2. The van der Waals surface area contributed by atoms with Crippen molar-refractivity contribution in [2.45, 2.75) is 4.90 Å². The molecule has 0 fully saturated rings. The predicted octanol–water partition coefficient (Wildman–Crippen LogP) is 1.66. The quantitative estimate of drug-likeness (QED) is 0.411. The van der Waals surface area contributed by atoms with Crippen molar-refractivity contribution in [3.8, 4) is 5.75 Å². The van der Waals surface area contributed by atoms with E-state index in [0.717, 1.165) is 6.07 Å². The van der Waals surface area contributed by atoms with Crippen molar-refractivity contribution in [3.05, 3.63) is 27.8 Å². The van der Waals surface area contributed by atoms with Gasteiger partial charge in [-0.1, -0.05) is 0 Å². The number of nitrogens with zero attached hydrogens (tertiary/aromatic N) is 1. The average molecular weight is 231 g/mol. The fourth-order valence-electron chi connectivity index (χ4n) is 0.959. The zero-order chi connectivity index (χ0) is 10.9. The maximum atomic E-state index is 10.9. The second-order valence-electron chi connectivity index (χ2n) is 2.42. The van der Waals surface area contributed by atoms with E-state index in [-0.39, 0.29) is 10.5 Å². The van der Waals surface area contributed by atoms with Crippen LogP contribution in [0.5, 0.6) is 5.75 Å². The molecule has 0 radical (unpaired) electrons. The van der Waals surface area contributed by atoms with Crippen LogP contribution in [0, 0.1) is 10.1 Å². The first-order chi connectivity index (χ1) is 6.43. The monoisotopic (exact) mass is 231 g/mol. The molecular weight excluding hydrogens is 226 g/mol. The summed E-state index contributed by atoms with van der Waals surface area (Å²) in [6, 6.07) is 2.26. The summed E-state index contributed by atoms with van der Waals surface area (Å²) in [5.41, 5.74) is -0.925. The fraction of sp³-hybridized carbons (Fsp3) is 0. The van der Waals surface area contributed by atoms with Gasteiger partial charge in [-0.25, -0.2) is 0 Å². The van der Waals surface area contributed by atoms with Gasteiger partial charge in [-0.3, -0.25) is 14.9 Å². The fourth-order valence-corrected chi connectivity index (χ4v) is 1.38. The number of phenols is 1. The molecule has 0 aliphatic rings. The van der Waals surface area contributed by atoms with E-state index in [0.29, 0.717) is 0 Å². The van der Waals surface area contributed by atoms with Crippen molar-refractivity contribution in [1.29, 1.82) is 0 Å². The molecule has 0 aromatic heterocycles. The lowest BCUT2D eigenvalue weighted by atomic mass is 10.2. The molecule has 0 unspecified atom stereocenters. The lowest BCUT2D eigenvalue weighted by molar-refractivity contribution is -0.386. The molecule has 74 valence electrons. The molecule has 0 amide bonds. The Labute approximate surface area is 89.7 Å². The molecule has 0 aliphatic carbocycles. The highest BCUT2D eigenvalue weighted by Crippen LogP contribution is 2.33. The highest BCUT2D eigenvalue weighted by Gasteiger charge is 2.23. The Kier molecular flexibility index (Phi) is 3.02. The van der Waals surface area contributed by atoms with Crippen molar-refractivity contribution >= 4 is 36.1 Å². The van der Waals surface area contributed by atoms with Crippen molar-refractivity contribution in [3.63, 3.8) is 0 Å². The molecule has 0 atom stereocenters. The van der Waals surface area contributed by atoms with E-state index < -0.39 is 21.5 Å². The molecule has 14 heavy (non-hydrogen) atoms. The largest absolute Gasteiger partial charge is 0.502 e. The number of thiol groups is 2. The van der Waals surface area contributed by atoms with Crippen molar-refractivity contribution in [1.82, 2.24) is 0 Å². The highest BCUT2D eigenvalue weighted by molar-refractivity contribution is 7.97. The van der Waals surface area contributed by atoms with Crippen LogP contribution in [0.1, 0.15) is 10.4 Å². The predicted molar refractivity (Wildman–Crippen MR) is 55.3 cm³/mol. The van der Waals surface area contributed by atoms with E-state index in [1.165, 1.54) is 6.07 Å². The molecule has 1 aromatic carbocycles. The van der Waals surface area contributed by atoms with Crippen molar-refractivity contribution in [2.24, 2.45) is 0 Å². The summed E-state index contributed by atoms with van der Waals surface area (Å²) in [7, 11) is 0. The number of phenolic OH excluding ortho intramolecular Hbond substituents is 1. The van der Waals surface area contributed by atoms with Crippen LogP contribution in [-0.2, 0) is 0 Å². The minimum absolute atomic E-state index is 0.255. The molecule has 5 nitrogen and oxygen atoms in total. The molecule has 0 bridgehead atoms. The minimum atomic E-state index is -0.841. The summed E-state index contributed by atoms with van der Waals surface area (Å²) >= 11 is 7.32. The van der Waals surface area contributed by atoms with Gasteiger partial charge in [0.1, 0.15) is 5.56 Å². The molecule has 0 saturated heterocycles. The maximum absolute atomic E-state index is 10.9. The third-order valence-electron chi connectivity index (χ3n) is 1.49. The Morgan fingerprint density at radius 1 is 1.50 bits per heavy atom. The van der Waals surface area contributed by atoms with Gasteiger partial charge in [0, 0.05) is 11.0 Å². The van der Waals surface area contributed by atoms with E-state index in [4.69, 9.17) is 0 Å². The molecule has 0 spiro atoms. The van der Waals surface area contributed by atoms with Crippen LogP contribution < -0.4 is 0 Å². The van der Waals surface area contributed by atoms with Gasteiger partial charge in [0.2, 0.25) is 5.12 Å². The molecule has 1 N–H and O–H groups in total. The first kappa shape index (κ1) is 10.9. The number of benzene rings is 1. The summed E-state index contributed by atoms with van der Waals surface area (Å²) in [5.74, 6) is -0.597. The Morgan fingerprint density at radius 3 is 2.50 bits per heavy atom. The van der Waals surface area contributed by atoms with Crippen molar-refractivity contribution < 1.29 is 14.8 Å². The molecular formula is C7H5NO4S2. The zero-order valence-electron chi connectivity index (χ0n) is 6.67. The van der Waals surface area contributed by atoms with E-state index >= 15 is 0 Å². The number of nitro groups is 1. The molecule has 1 aromatic rings. The Hall–Kier alpha value is -1.21. The number of nitro benzene ring substituents is 1. The topological polar surface area (TPSA) is 80.4 Å². The van der Waals surface area contributed by atoms with Crippen molar-refractivity contribution in [2.75, 3.05) is 0 Å². The highest BCUT2D eigenvalue weighted by atomic mass is 32.1. The number of carbonyl (C=O) groups excluding carboxylic acids is 1. The van der Waals surface area contributed by atoms with Gasteiger partial charge in [-0.05, 0) is 6.07 Å². The summed E-state index contributed by atoms with van der Waals surface area (Å²) in [5, 5.41) is 18.9. The number of aromatic hydroxyl groups is 1. The second kappa shape index (κ2) is 3.89. The van der Waals surface area contributed by atoms with Crippen LogP contribution >= 0.6 is 25.3 Å². The number of hydrogen-bond acceptors (Lipinski definition) is 5. The van der Waals surface area contributed by atoms with E-state index in [1.54, 1.807) is 0 Å². The van der Waals surface area contributed by atoms with Gasteiger partial charge in [0.15, 0.2) is 5.75 Å². The van der Waals surface area contributed by atoms with Gasteiger partial charge < -0.3 is 5.11 Å². The lowest BCUT2D eigenvalue weighted by Gasteiger charge is -2.01. The summed E-state index contributed by atoms with van der Waals surface area (Å²) in [6.07, 6.45) is 0. The molecule has 7 heteroatoms. The molecule has 0 saturated carbocycles. The SMILES string of the molecule is O=C(S)c1cc(S)cc(O)c1[N+](=O)[O-]. The maximum Gasteiger partial charge on any atom is 0.322 e. The van der Waals surface area contributed by atoms with Gasteiger partial charge >= 0.3 is 5.69 Å². The lowest BCUT2D eigenvalue weighted by Crippen LogP contribution is -1.99. The minimum Gasteiger partial charge on any atom is -0.502 e. The van der Waals surface area contributed by atoms with Crippen LogP contribution in [0.4, 0.5) is 5.69 Å². The number of hydrogen-bond donors (Lipinski definition) is 3. The van der Waals surface area contributed by atoms with Crippen LogP contribution in [-0.4, -0.2) is 15.1 Å². The third kappa shape index (κ3) is 1.99. The van der Waals surface area contributed by atoms with Gasteiger partial charge in [-0.2, -0.15) is 0 Å². The van der Waals surface area contributed by atoms with E-state index in [1.807, 2.05) is 0 Å². The first-order valence-corrected chi connectivity index (χ1v) is 4.26. The van der Waals surface area contributed by atoms with Gasteiger partial charge in [0.25, 0.3) is 0 Å². The second-order valence-corrected chi connectivity index (χ2v) is 3.35. The summed E-state index contributed by atoms with van der Waals surface area (Å²) in [4.78, 5) is 20.8. The normalized spacial score (nSPS) is 9.86. The van der Waals surface area contributed by atoms with E-state index in [9.17, 15) is 20.0 Å². The van der Waals surface area contributed by atoms with E-state index in [2.05, 4.69) is 25.3 Å². The summed E-state index contributed by atoms with van der Waals surface area (Å²) < 4.78 is 0. The summed E-state index contributed by atoms with van der Waals surface area (Å²) in [6.45, 7) is 0. The third-order valence-corrected chi connectivity index (χ3v) is 1.99. The van der Waals surface area contributed by atoms with Crippen LogP contribution in [0.15, 0.2) is 17.0 Å². The Balaban J connectivity index is 3.52. The molecule has 0 heterocycles. The average Bonchev–Trinajstić information content (AvgIpc) is 2.01. The van der Waals surface area contributed by atoms with Gasteiger partial charge in [-0.15, -0.1) is 25.3 Å². The number of carbonyl (C=O) groups is 1. The first-order valence-electron chi connectivity index (χ1n) is 3.37. The zero-order valence-corrected chi connectivity index (χ0v) is 8.46. The van der Waals surface area contributed by atoms with Gasteiger partial charge in [0.05, 0.1) is 4.92 Å². The molecule has 0 aliphatic heterocycles.